The molecule has 0 amide bonds. The van der Waals surface area contributed by atoms with Gasteiger partial charge in [-0.2, -0.15) is 0 Å². The molecule has 2 atom stereocenters. The molecule has 2 aromatic rings. The minimum Gasteiger partial charge on any atom is -0.480 e. The van der Waals surface area contributed by atoms with Crippen LogP contribution >= 0.6 is 11.3 Å². The van der Waals surface area contributed by atoms with E-state index in [4.69, 9.17) is 0 Å². The molecule has 1 aliphatic heterocycles. The molecule has 2 heterocycles. The smallest absolute Gasteiger partial charge is 0.320 e. The Morgan fingerprint density at radius 3 is 3.00 bits per heavy atom. The van der Waals surface area contributed by atoms with E-state index in [0.717, 1.165) is 19.4 Å². The second-order valence-electron chi connectivity index (χ2n) is 5.10. The fraction of sp³-hybridized carbons (Fsp3) is 0.400. The molecule has 3 rings (SSSR count). The number of aliphatic carboxylic acids is 1. The van der Waals surface area contributed by atoms with Gasteiger partial charge in [-0.05, 0) is 43.8 Å². The first kappa shape index (κ1) is 12.6. The van der Waals surface area contributed by atoms with Crippen LogP contribution in [0.25, 0.3) is 10.1 Å². The van der Waals surface area contributed by atoms with Gasteiger partial charge in [0.05, 0.1) is 0 Å². The van der Waals surface area contributed by atoms with Gasteiger partial charge in [0.1, 0.15) is 6.04 Å². The summed E-state index contributed by atoms with van der Waals surface area (Å²) in [6.45, 7) is 3.00. The van der Waals surface area contributed by atoms with Gasteiger partial charge in [-0.15, -0.1) is 11.3 Å². The van der Waals surface area contributed by atoms with E-state index in [2.05, 4.69) is 30.0 Å². The van der Waals surface area contributed by atoms with E-state index < -0.39 is 5.97 Å². The monoisotopic (exact) mass is 275 g/mol. The van der Waals surface area contributed by atoms with Crippen LogP contribution in [0.1, 0.15) is 30.7 Å². The van der Waals surface area contributed by atoms with Gasteiger partial charge in [0.25, 0.3) is 0 Å². The Morgan fingerprint density at radius 2 is 2.26 bits per heavy atom. The summed E-state index contributed by atoms with van der Waals surface area (Å²) in [6, 6.07) is 10.4. The Morgan fingerprint density at radius 1 is 1.47 bits per heavy atom. The first-order chi connectivity index (χ1) is 9.16. The molecule has 1 aromatic carbocycles. The Bertz CT molecular complexity index is 574. The molecular weight excluding hydrogens is 258 g/mol. The van der Waals surface area contributed by atoms with Crippen LogP contribution in [0.15, 0.2) is 30.3 Å². The second-order valence-corrected chi connectivity index (χ2v) is 6.21. The average molecular weight is 275 g/mol. The molecule has 0 bridgehead atoms. The second kappa shape index (κ2) is 4.94. The standard InChI is InChI=1S/C15H17NO2S/c1-10(16-8-4-6-12(16)15(17)18)14-9-11-5-2-3-7-13(11)19-14/h2-3,5,7,9-10,12H,4,6,8H2,1H3,(H,17,18). The maximum absolute atomic E-state index is 11.3. The Labute approximate surface area is 116 Å². The predicted molar refractivity (Wildman–Crippen MR) is 77.6 cm³/mol. The molecular formula is C15H17NO2S. The van der Waals surface area contributed by atoms with Crippen molar-refractivity contribution in [3.05, 3.63) is 35.2 Å². The molecule has 3 nitrogen and oxygen atoms in total. The fourth-order valence-corrected chi connectivity index (χ4v) is 4.03. The highest BCUT2D eigenvalue weighted by Gasteiger charge is 2.34. The molecule has 19 heavy (non-hydrogen) atoms. The summed E-state index contributed by atoms with van der Waals surface area (Å²) in [7, 11) is 0. The zero-order valence-electron chi connectivity index (χ0n) is 10.9. The summed E-state index contributed by atoms with van der Waals surface area (Å²) in [6.07, 6.45) is 1.75. The number of nitrogens with zero attached hydrogens (tertiary/aromatic N) is 1. The average Bonchev–Trinajstić information content (AvgIpc) is 3.04. The largest absolute Gasteiger partial charge is 0.480 e. The van der Waals surface area contributed by atoms with Gasteiger partial charge in [0.15, 0.2) is 0 Å². The third-order valence-corrected chi connectivity index (χ3v) is 5.22. The minimum absolute atomic E-state index is 0.181. The lowest BCUT2D eigenvalue weighted by molar-refractivity contribution is -0.142. The number of thiophene rings is 1. The number of fused-ring (bicyclic) bond motifs is 1. The van der Waals surface area contributed by atoms with E-state index in [1.165, 1.54) is 15.0 Å². The topological polar surface area (TPSA) is 40.5 Å². The lowest BCUT2D eigenvalue weighted by atomic mass is 10.1. The van der Waals surface area contributed by atoms with Crippen molar-refractivity contribution < 1.29 is 9.90 Å². The van der Waals surface area contributed by atoms with Crippen molar-refractivity contribution in [1.82, 2.24) is 4.90 Å². The summed E-state index contributed by atoms with van der Waals surface area (Å²) in [4.78, 5) is 14.7. The summed E-state index contributed by atoms with van der Waals surface area (Å²) in [5.41, 5.74) is 0. The number of carboxylic acid groups (broad SMARTS) is 1. The van der Waals surface area contributed by atoms with E-state index in [0.29, 0.717) is 0 Å². The lowest BCUT2D eigenvalue weighted by Crippen LogP contribution is -2.37. The van der Waals surface area contributed by atoms with E-state index in [1.54, 1.807) is 11.3 Å². The van der Waals surface area contributed by atoms with Gasteiger partial charge in [-0.1, -0.05) is 18.2 Å². The number of rotatable bonds is 3. The van der Waals surface area contributed by atoms with Gasteiger partial charge < -0.3 is 5.11 Å². The highest BCUT2D eigenvalue weighted by molar-refractivity contribution is 7.19. The van der Waals surface area contributed by atoms with Crippen molar-refractivity contribution in [3.8, 4) is 0 Å². The van der Waals surface area contributed by atoms with E-state index in [9.17, 15) is 9.90 Å². The van der Waals surface area contributed by atoms with E-state index in [-0.39, 0.29) is 12.1 Å². The normalized spacial score (nSPS) is 21.8. The first-order valence-corrected chi connectivity index (χ1v) is 7.45. The predicted octanol–water partition coefficient (Wildman–Crippen LogP) is 3.51. The van der Waals surface area contributed by atoms with Crippen molar-refractivity contribution in [3.63, 3.8) is 0 Å². The molecule has 2 unspecified atom stereocenters. The molecule has 1 fully saturated rings. The van der Waals surface area contributed by atoms with Gasteiger partial charge in [-0.3, -0.25) is 9.69 Å². The Kier molecular flexibility index (Phi) is 3.29. The molecule has 1 aliphatic rings. The van der Waals surface area contributed by atoms with Crippen LogP contribution in [0.2, 0.25) is 0 Å². The van der Waals surface area contributed by atoms with Gasteiger partial charge in [0, 0.05) is 15.6 Å². The molecule has 1 N–H and O–H groups in total. The molecule has 0 saturated carbocycles. The van der Waals surface area contributed by atoms with Crippen molar-refractivity contribution >= 4 is 27.4 Å². The summed E-state index contributed by atoms with van der Waals surface area (Å²) < 4.78 is 1.27. The lowest BCUT2D eigenvalue weighted by Gasteiger charge is -2.27. The number of hydrogen-bond donors (Lipinski definition) is 1. The summed E-state index contributed by atoms with van der Waals surface area (Å²) in [5, 5.41) is 10.5. The van der Waals surface area contributed by atoms with Crippen LogP contribution in [-0.2, 0) is 4.79 Å². The Hall–Kier alpha value is -1.39. The van der Waals surface area contributed by atoms with Crippen molar-refractivity contribution in [2.24, 2.45) is 0 Å². The first-order valence-electron chi connectivity index (χ1n) is 6.64. The molecule has 0 aliphatic carbocycles. The highest BCUT2D eigenvalue weighted by atomic mass is 32.1. The molecule has 1 saturated heterocycles. The van der Waals surface area contributed by atoms with Gasteiger partial charge in [-0.25, -0.2) is 0 Å². The van der Waals surface area contributed by atoms with E-state index in [1.807, 2.05) is 12.1 Å². The Balaban J connectivity index is 1.90. The van der Waals surface area contributed by atoms with Crippen LogP contribution in [0.5, 0.6) is 0 Å². The number of hydrogen-bond acceptors (Lipinski definition) is 3. The minimum atomic E-state index is -0.689. The highest BCUT2D eigenvalue weighted by Crippen LogP contribution is 2.35. The molecule has 1 aromatic heterocycles. The molecule has 100 valence electrons. The third kappa shape index (κ3) is 2.26. The number of carbonyl (C=O) groups is 1. The summed E-state index contributed by atoms with van der Waals surface area (Å²) >= 11 is 1.77. The van der Waals surface area contributed by atoms with Crippen LogP contribution in [-0.4, -0.2) is 28.6 Å². The van der Waals surface area contributed by atoms with Crippen molar-refractivity contribution in [2.45, 2.75) is 31.8 Å². The van der Waals surface area contributed by atoms with E-state index >= 15 is 0 Å². The number of benzene rings is 1. The quantitative estimate of drug-likeness (QED) is 0.932. The summed E-state index contributed by atoms with van der Waals surface area (Å²) in [5.74, 6) is -0.689. The van der Waals surface area contributed by atoms with Crippen LogP contribution in [0.4, 0.5) is 0 Å². The van der Waals surface area contributed by atoms with Crippen LogP contribution in [0.3, 0.4) is 0 Å². The zero-order valence-corrected chi connectivity index (χ0v) is 11.7. The number of carboxylic acids is 1. The van der Waals surface area contributed by atoms with Crippen molar-refractivity contribution in [1.29, 1.82) is 0 Å². The molecule has 4 heteroatoms. The third-order valence-electron chi connectivity index (χ3n) is 3.93. The maximum Gasteiger partial charge on any atom is 0.320 e. The number of likely N-dealkylation sites (tertiary alicyclic amines) is 1. The van der Waals surface area contributed by atoms with Crippen LogP contribution < -0.4 is 0 Å². The van der Waals surface area contributed by atoms with Crippen LogP contribution in [0, 0.1) is 0 Å². The maximum atomic E-state index is 11.3. The zero-order chi connectivity index (χ0) is 13.4. The SMILES string of the molecule is CC(c1cc2ccccc2s1)N1CCCC1C(=O)O. The fourth-order valence-electron chi connectivity index (χ4n) is 2.89. The van der Waals surface area contributed by atoms with Gasteiger partial charge >= 0.3 is 5.97 Å². The molecule has 0 radical (unpaired) electrons. The van der Waals surface area contributed by atoms with Gasteiger partial charge in [0.2, 0.25) is 0 Å². The molecule has 0 spiro atoms. The van der Waals surface area contributed by atoms with Crippen molar-refractivity contribution in [2.75, 3.05) is 6.54 Å².